The molecule has 2 aliphatic rings. The monoisotopic (exact) mass is 340 g/mol. The van der Waals surface area contributed by atoms with Crippen LogP contribution in [0.2, 0.25) is 6.85 Å². The Labute approximate surface area is 82.6 Å². The van der Waals surface area contributed by atoms with Gasteiger partial charge in [0.05, 0.1) is 0 Å². The van der Waals surface area contributed by atoms with Crippen LogP contribution in [0, 0.1) is 0 Å². The van der Waals surface area contributed by atoms with Crippen molar-refractivity contribution >= 4 is 0 Å². The summed E-state index contributed by atoms with van der Waals surface area (Å²) < 4.78 is 2.72. The van der Waals surface area contributed by atoms with E-state index in [2.05, 4.69) is 0 Å². The Morgan fingerprint density at radius 1 is 0.636 bits per heavy atom. The van der Waals surface area contributed by atoms with Gasteiger partial charge in [0, 0.05) is 0 Å². The molecule has 0 radical (unpaired) electrons. The van der Waals surface area contributed by atoms with Crippen LogP contribution in [-0.4, -0.2) is 0 Å². The molecular formula is C10H18Hg. The van der Waals surface area contributed by atoms with Crippen LogP contribution in [0.3, 0.4) is 0 Å². The van der Waals surface area contributed by atoms with Crippen molar-refractivity contribution in [2.24, 2.45) is 0 Å². The van der Waals surface area contributed by atoms with Crippen LogP contribution in [0.5, 0.6) is 0 Å². The Hall–Kier alpha value is 0.935. The summed E-state index contributed by atoms with van der Waals surface area (Å²) in [5.41, 5.74) is 0. The molecule has 0 aromatic rings. The van der Waals surface area contributed by atoms with E-state index in [9.17, 15) is 0 Å². The summed E-state index contributed by atoms with van der Waals surface area (Å²) in [6.45, 7) is 0. The molecule has 1 heteroatoms. The third kappa shape index (κ3) is 2.43. The molecule has 0 heterocycles. The summed E-state index contributed by atoms with van der Waals surface area (Å²) in [5.74, 6) is 0. The van der Waals surface area contributed by atoms with Crippen molar-refractivity contribution in [3.63, 3.8) is 0 Å². The van der Waals surface area contributed by atoms with Gasteiger partial charge in [0.25, 0.3) is 0 Å². The normalized spacial score (nSPS) is 27.6. The molecule has 0 amide bonds. The third-order valence-corrected chi connectivity index (χ3v) is 15.1. The van der Waals surface area contributed by atoms with Crippen LogP contribution in [0.4, 0.5) is 0 Å². The van der Waals surface area contributed by atoms with Gasteiger partial charge in [-0.25, -0.2) is 0 Å². The average Bonchev–Trinajstić information content (AvgIpc) is 2.60. The molecule has 0 unspecified atom stereocenters. The van der Waals surface area contributed by atoms with Crippen molar-refractivity contribution in [1.82, 2.24) is 0 Å². The first-order valence-corrected chi connectivity index (χ1v) is 11.8. The second-order valence-corrected chi connectivity index (χ2v) is 15.3. The Morgan fingerprint density at radius 2 is 1.00 bits per heavy atom. The molecular weight excluding hydrogens is 321 g/mol. The molecule has 0 aromatic carbocycles. The molecule has 0 aromatic heterocycles. The fourth-order valence-corrected chi connectivity index (χ4v) is 14.8. The van der Waals surface area contributed by atoms with E-state index in [1.165, 1.54) is 6.85 Å². The molecule has 0 spiro atoms. The fraction of sp³-hybridized carbons (Fsp3) is 1.00. The molecule has 0 saturated heterocycles. The molecule has 0 nitrogen and oxygen atoms in total. The van der Waals surface area contributed by atoms with Crippen LogP contribution >= 0.6 is 0 Å². The maximum absolute atomic E-state index is 1.65. The topological polar surface area (TPSA) is 0 Å². The summed E-state index contributed by atoms with van der Waals surface area (Å²) >= 11 is -0.367. The van der Waals surface area contributed by atoms with Crippen molar-refractivity contribution in [1.29, 1.82) is 0 Å². The Morgan fingerprint density at radius 3 is 1.36 bits per heavy atom. The Balaban J connectivity index is 1.71. The molecule has 60 valence electrons. The van der Waals surface area contributed by atoms with Gasteiger partial charge in [0.15, 0.2) is 0 Å². The summed E-state index contributed by atoms with van der Waals surface area (Å²) in [6.07, 6.45) is 12.9. The minimum absolute atomic E-state index is 0.367. The maximum atomic E-state index is 1.65. The molecule has 2 fully saturated rings. The second-order valence-electron chi connectivity index (χ2n) is 4.54. The van der Waals surface area contributed by atoms with E-state index in [4.69, 9.17) is 0 Å². The molecule has 2 saturated carbocycles. The number of hydrogen-bond donors (Lipinski definition) is 0. The summed E-state index contributed by atoms with van der Waals surface area (Å²) in [6, 6.07) is 0. The molecule has 0 bridgehead atoms. The summed E-state index contributed by atoms with van der Waals surface area (Å²) in [4.78, 5) is 0. The zero-order chi connectivity index (χ0) is 7.52. The number of hydrogen-bond acceptors (Lipinski definition) is 0. The summed E-state index contributed by atoms with van der Waals surface area (Å²) in [5, 5.41) is 0. The molecule has 0 atom stereocenters. The summed E-state index contributed by atoms with van der Waals surface area (Å²) in [7, 11) is 0. The van der Waals surface area contributed by atoms with E-state index in [0.717, 1.165) is 0 Å². The average molecular weight is 339 g/mol. The van der Waals surface area contributed by atoms with Gasteiger partial charge in [-0.15, -0.1) is 0 Å². The number of rotatable bonds is 2. The van der Waals surface area contributed by atoms with Gasteiger partial charge in [0.1, 0.15) is 0 Å². The quantitative estimate of drug-likeness (QED) is 0.672. The van der Waals surface area contributed by atoms with Gasteiger partial charge < -0.3 is 0 Å². The van der Waals surface area contributed by atoms with Gasteiger partial charge in [0.2, 0.25) is 0 Å². The van der Waals surface area contributed by atoms with E-state index in [1.54, 1.807) is 51.4 Å². The Bertz CT molecular complexity index is 96.0. The third-order valence-electron chi connectivity index (χ3n) is 3.62. The predicted octanol–water partition coefficient (Wildman–Crippen LogP) is 3.79. The van der Waals surface area contributed by atoms with Crippen LogP contribution in [0.15, 0.2) is 0 Å². The van der Waals surface area contributed by atoms with Crippen molar-refractivity contribution < 1.29 is 24.6 Å². The molecule has 11 heavy (non-hydrogen) atoms. The molecule has 2 rings (SSSR count). The Kier molecular flexibility index (Phi) is 3.30. The van der Waals surface area contributed by atoms with Gasteiger partial charge in [-0.2, -0.15) is 0 Å². The first-order valence-electron chi connectivity index (χ1n) is 5.45. The van der Waals surface area contributed by atoms with Crippen molar-refractivity contribution in [3.05, 3.63) is 0 Å². The molecule has 2 aliphatic carbocycles. The van der Waals surface area contributed by atoms with Crippen molar-refractivity contribution in [2.45, 2.75) is 58.2 Å². The van der Waals surface area contributed by atoms with Crippen LogP contribution in [-0.2, 0) is 24.6 Å². The van der Waals surface area contributed by atoms with Gasteiger partial charge in [-0.05, 0) is 0 Å². The zero-order valence-corrected chi connectivity index (χ0v) is 13.0. The van der Waals surface area contributed by atoms with E-state index in [-0.39, 0.29) is 24.6 Å². The first kappa shape index (κ1) is 8.53. The van der Waals surface area contributed by atoms with Crippen LogP contribution < -0.4 is 0 Å². The van der Waals surface area contributed by atoms with Crippen molar-refractivity contribution in [2.75, 3.05) is 0 Å². The van der Waals surface area contributed by atoms with E-state index in [0.29, 0.717) is 0 Å². The standard InChI is InChI=1S/2C5H9.Hg/c2*1-2-4-5-3-1;/h2*1H,2-5H2;. The fourth-order valence-electron chi connectivity index (χ4n) is 2.96. The van der Waals surface area contributed by atoms with E-state index < -0.39 is 0 Å². The SMILES string of the molecule is C1CC[CH]([Hg][CH]2CCCC2)C1. The van der Waals surface area contributed by atoms with Crippen molar-refractivity contribution in [3.8, 4) is 0 Å². The second kappa shape index (κ2) is 4.25. The van der Waals surface area contributed by atoms with E-state index >= 15 is 0 Å². The van der Waals surface area contributed by atoms with Crippen LogP contribution in [0.25, 0.3) is 0 Å². The van der Waals surface area contributed by atoms with E-state index in [1.807, 2.05) is 0 Å². The van der Waals surface area contributed by atoms with Gasteiger partial charge in [-0.3, -0.25) is 0 Å². The minimum atomic E-state index is -0.367. The predicted molar refractivity (Wildman–Crippen MR) is 44.4 cm³/mol. The zero-order valence-electron chi connectivity index (χ0n) is 7.52. The van der Waals surface area contributed by atoms with Gasteiger partial charge in [-0.1, -0.05) is 0 Å². The van der Waals surface area contributed by atoms with Crippen LogP contribution in [0.1, 0.15) is 51.4 Å². The van der Waals surface area contributed by atoms with Gasteiger partial charge >= 0.3 is 82.8 Å². The first-order chi connectivity index (χ1) is 5.45. The molecule has 0 N–H and O–H groups in total. The molecule has 0 aliphatic heterocycles.